The van der Waals surface area contributed by atoms with E-state index in [1.54, 1.807) is 16.8 Å². The average molecular weight is 312 g/mol. The summed E-state index contributed by atoms with van der Waals surface area (Å²) in [4.78, 5) is 18.9. The highest BCUT2D eigenvalue weighted by atomic mass is 32.2. The van der Waals surface area contributed by atoms with Crippen molar-refractivity contribution in [1.29, 1.82) is 0 Å². The first-order valence-corrected chi connectivity index (χ1v) is 9.00. The van der Waals surface area contributed by atoms with Crippen molar-refractivity contribution < 1.29 is 4.79 Å². The van der Waals surface area contributed by atoms with Crippen molar-refractivity contribution in [1.82, 2.24) is 9.21 Å². The predicted molar refractivity (Wildman–Crippen MR) is 89.0 cm³/mol. The van der Waals surface area contributed by atoms with E-state index in [0.717, 1.165) is 25.9 Å². The molecule has 2 heterocycles. The van der Waals surface area contributed by atoms with E-state index in [-0.39, 0.29) is 5.91 Å². The van der Waals surface area contributed by atoms with Crippen LogP contribution in [0.15, 0.2) is 4.99 Å². The van der Waals surface area contributed by atoms with Gasteiger partial charge in [-0.05, 0) is 44.3 Å². The molecule has 5 nitrogen and oxygen atoms in total. The molecule has 0 aliphatic carbocycles. The van der Waals surface area contributed by atoms with E-state index >= 15 is 0 Å². The molecule has 2 N–H and O–H groups in total. The van der Waals surface area contributed by atoms with Crippen LogP contribution in [-0.4, -0.2) is 52.5 Å². The van der Waals surface area contributed by atoms with Crippen molar-refractivity contribution in [3.05, 3.63) is 0 Å². The molecular formula is C15H28N4OS. The molecule has 21 heavy (non-hydrogen) atoms. The SMILES string of the molecule is CSN1CCCC(CN2C(=O)C(C)(CC(C)C)N=C2N)C1. The van der Waals surface area contributed by atoms with Crippen LogP contribution in [0.3, 0.4) is 0 Å². The minimum Gasteiger partial charge on any atom is -0.369 e. The lowest BCUT2D eigenvalue weighted by Crippen LogP contribution is -2.47. The number of nitrogens with two attached hydrogens (primary N) is 1. The van der Waals surface area contributed by atoms with Gasteiger partial charge in [0, 0.05) is 19.6 Å². The zero-order valence-electron chi connectivity index (χ0n) is 13.6. The molecule has 1 saturated heterocycles. The number of carbonyl (C=O) groups is 1. The van der Waals surface area contributed by atoms with E-state index in [2.05, 4.69) is 29.4 Å². The van der Waals surface area contributed by atoms with Gasteiger partial charge in [-0.3, -0.25) is 14.0 Å². The van der Waals surface area contributed by atoms with E-state index in [1.807, 2.05) is 6.92 Å². The molecule has 0 saturated carbocycles. The lowest BCUT2D eigenvalue weighted by Gasteiger charge is -2.33. The topological polar surface area (TPSA) is 61.9 Å². The first-order valence-electron chi connectivity index (χ1n) is 7.82. The van der Waals surface area contributed by atoms with Crippen LogP contribution in [0.5, 0.6) is 0 Å². The summed E-state index contributed by atoms with van der Waals surface area (Å²) in [6.45, 7) is 9.02. The van der Waals surface area contributed by atoms with Crippen molar-refractivity contribution in [2.75, 3.05) is 25.9 Å². The molecule has 2 atom stereocenters. The number of nitrogens with zero attached hydrogens (tertiary/aromatic N) is 3. The van der Waals surface area contributed by atoms with Crippen LogP contribution in [0.1, 0.15) is 40.0 Å². The molecule has 1 amide bonds. The van der Waals surface area contributed by atoms with Crippen LogP contribution in [0.25, 0.3) is 0 Å². The van der Waals surface area contributed by atoms with Gasteiger partial charge in [-0.2, -0.15) is 0 Å². The van der Waals surface area contributed by atoms with Crippen molar-refractivity contribution in [3.63, 3.8) is 0 Å². The molecule has 2 unspecified atom stereocenters. The third-order valence-corrected chi connectivity index (χ3v) is 5.18. The first-order chi connectivity index (χ1) is 9.85. The minimum atomic E-state index is -0.661. The third-order valence-electron chi connectivity index (χ3n) is 4.33. The molecule has 2 aliphatic heterocycles. The fourth-order valence-corrected chi connectivity index (χ4v) is 4.13. The van der Waals surface area contributed by atoms with E-state index in [0.29, 0.717) is 24.3 Å². The number of amides is 1. The van der Waals surface area contributed by atoms with Gasteiger partial charge in [0.05, 0.1) is 0 Å². The summed E-state index contributed by atoms with van der Waals surface area (Å²) in [5.41, 5.74) is 5.38. The van der Waals surface area contributed by atoms with E-state index in [1.165, 1.54) is 6.42 Å². The number of rotatable bonds is 5. The molecule has 2 aliphatic rings. The Morgan fingerprint density at radius 1 is 1.52 bits per heavy atom. The van der Waals surface area contributed by atoms with Crippen molar-refractivity contribution in [2.24, 2.45) is 22.6 Å². The summed E-state index contributed by atoms with van der Waals surface area (Å²) in [5, 5.41) is 0. The molecule has 120 valence electrons. The molecular weight excluding hydrogens is 284 g/mol. The summed E-state index contributed by atoms with van der Waals surface area (Å²) >= 11 is 1.79. The zero-order chi connectivity index (χ0) is 15.6. The number of hydrogen-bond donors (Lipinski definition) is 1. The second kappa shape index (κ2) is 6.57. The fraction of sp³-hybridized carbons (Fsp3) is 0.867. The normalized spacial score (nSPS) is 31.1. The summed E-state index contributed by atoms with van der Waals surface area (Å²) in [5.74, 6) is 1.40. The maximum atomic E-state index is 12.7. The van der Waals surface area contributed by atoms with E-state index in [9.17, 15) is 4.79 Å². The van der Waals surface area contributed by atoms with Crippen molar-refractivity contribution in [3.8, 4) is 0 Å². The number of aliphatic imine (C=N–C) groups is 1. The lowest BCUT2D eigenvalue weighted by molar-refractivity contribution is -0.131. The molecule has 0 spiro atoms. The first kappa shape index (κ1) is 16.6. The second-order valence-corrected chi connectivity index (χ2v) is 7.72. The van der Waals surface area contributed by atoms with E-state index < -0.39 is 5.54 Å². The highest BCUT2D eigenvalue weighted by Gasteiger charge is 2.44. The molecule has 1 fully saturated rings. The maximum Gasteiger partial charge on any atom is 0.257 e. The van der Waals surface area contributed by atoms with Crippen LogP contribution < -0.4 is 5.73 Å². The Labute approximate surface area is 132 Å². The number of guanidine groups is 1. The zero-order valence-corrected chi connectivity index (χ0v) is 14.4. The lowest BCUT2D eigenvalue weighted by atomic mass is 9.90. The molecule has 0 aromatic heterocycles. The Bertz CT molecular complexity index is 426. The Hall–Kier alpha value is -0.750. The summed E-state index contributed by atoms with van der Waals surface area (Å²) in [7, 11) is 0. The van der Waals surface area contributed by atoms with Crippen LogP contribution in [-0.2, 0) is 4.79 Å². The van der Waals surface area contributed by atoms with Crippen LogP contribution in [0.2, 0.25) is 0 Å². The van der Waals surface area contributed by atoms with Gasteiger partial charge in [0.2, 0.25) is 0 Å². The van der Waals surface area contributed by atoms with Crippen LogP contribution in [0, 0.1) is 11.8 Å². The Morgan fingerprint density at radius 3 is 2.86 bits per heavy atom. The Morgan fingerprint density at radius 2 is 2.24 bits per heavy atom. The Kier molecular flexibility index (Phi) is 5.20. The van der Waals surface area contributed by atoms with E-state index in [4.69, 9.17) is 5.73 Å². The highest BCUT2D eigenvalue weighted by molar-refractivity contribution is 7.96. The molecule has 0 aromatic rings. The van der Waals surface area contributed by atoms with Gasteiger partial charge in [0.25, 0.3) is 5.91 Å². The summed E-state index contributed by atoms with van der Waals surface area (Å²) in [6, 6.07) is 0. The van der Waals surface area contributed by atoms with Gasteiger partial charge in [0.1, 0.15) is 5.54 Å². The number of carbonyl (C=O) groups excluding carboxylic acids is 1. The van der Waals surface area contributed by atoms with Crippen LogP contribution in [0.4, 0.5) is 0 Å². The molecule has 2 rings (SSSR count). The summed E-state index contributed by atoms with van der Waals surface area (Å²) in [6.07, 6.45) is 5.21. The number of hydrogen-bond acceptors (Lipinski definition) is 5. The minimum absolute atomic E-state index is 0.0787. The van der Waals surface area contributed by atoms with Gasteiger partial charge in [-0.15, -0.1) is 0 Å². The summed E-state index contributed by atoms with van der Waals surface area (Å²) < 4.78 is 2.37. The average Bonchev–Trinajstić information content (AvgIpc) is 2.61. The predicted octanol–water partition coefficient (Wildman–Crippen LogP) is 1.94. The highest BCUT2D eigenvalue weighted by Crippen LogP contribution is 2.30. The quantitative estimate of drug-likeness (QED) is 0.788. The largest absolute Gasteiger partial charge is 0.369 e. The monoisotopic (exact) mass is 312 g/mol. The molecule has 6 heteroatoms. The smallest absolute Gasteiger partial charge is 0.257 e. The molecule has 0 bridgehead atoms. The maximum absolute atomic E-state index is 12.7. The van der Waals surface area contributed by atoms with Crippen molar-refractivity contribution in [2.45, 2.75) is 45.6 Å². The number of piperidine rings is 1. The Balaban J connectivity index is 2.01. The fourth-order valence-electron chi connectivity index (χ4n) is 3.46. The molecule has 0 radical (unpaired) electrons. The van der Waals surface area contributed by atoms with Gasteiger partial charge in [-0.1, -0.05) is 25.8 Å². The standard InChI is InChI=1S/C15H28N4OS/c1-11(2)8-15(3)13(20)19(14(16)17-15)10-12-6-5-7-18(9-12)21-4/h11-12H,5-10H2,1-4H3,(H2,16,17). The van der Waals surface area contributed by atoms with Gasteiger partial charge in [0.15, 0.2) is 5.96 Å². The molecule has 0 aromatic carbocycles. The van der Waals surface area contributed by atoms with Crippen LogP contribution >= 0.6 is 11.9 Å². The van der Waals surface area contributed by atoms with Gasteiger partial charge < -0.3 is 5.73 Å². The second-order valence-electron chi connectivity index (χ2n) is 6.84. The van der Waals surface area contributed by atoms with Crippen molar-refractivity contribution >= 4 is 23.8 Å². The third kappa shape index (κ3) is 3.72. The van der Waals surface area contributed by atoms with Gasteiger partial charge in [-0.25, -0.2) is 4.99 Å². The van der Waals surface area contributed by atoms with Gasteiger partial charge >= 0.3 is 0 Å².